The van der Waals surface area contributed by atoms with Crippen LogP contribution in [-0.2, 0) is 0 Å². The van der Waals surface area contributed by atoms with Crippen LogP contribution in [0.15, 0.2) is 24.4 Å². The van der Waals surface area contributed by atoms with Gasteiger partial charge in [0.2, 0.25) is 0 Å². The zero-order valence-electron chi connectivity index (χ0n) is 3.49. The quantitative estimate of drug-likeness (QED) is 0.311. The second kappa shape index (κ2) is 1.97. The Morgan fingerprint density at radius 1 is 1.80 bits per heavy atom. The van der Waals surface area contributed by atoms with Crippen molar-refractivity contribution in [3.05, 3.63) is 24.4 Å². The van der Waals surface area contributed by atoms with Gasteiger partial charge in [-0.25, -0.2) is 0 Å². The van der Waals surface area contributed by atoms with Gasteiger partial charge in [-0.15, -0.1) is 6.58 Å². The smallest absolute Gasteiger partial charge is 0.0376 e. The van der Waals surface area contributed by atoms with Crippen LogP contribution < -0.4 is 0 Å². The van der Waals surface area contributed by atoms with E-state index in [2.05, 4.69) is 13.2 Å². The minimum Gasteiger partial charge on any atom is -0.101 e. The molecular weight excluding hydrogens is 76.1 g/mol. The second-order valence-electron chi connectivity index (χ2n) is 1.05. The summed E-state index contributed by atoms with van der Waals surface area (Å²) >= 11 is 0. The molecule has 0 saturated carbocycles. The molecule has 0 rings (SSSR count). The summed E-state index contributed by atoms with van der Waals surface area (Å²) in [6, 6.07) is 0. The number of hydrogen-bond acceptors (Lipinski definition) is 0. The maximum Gasteiger partial charge on any atom is 0.0376 e. The lowest BCUT2D eigenvalue weighted by atomic mass is 10.6. The number of allylic oxidation sites excluding steroid dienone is 2. The summed E-state index contributed by atoms with van der Waals surface area (Å²) in [5, 5.41) is 1.16. The monoisotopic (exact) mass is 84.0 g/mol. The van der Waals surface area contributed by atoms with Crippen LogP contribution in [0.5, 0.6) is 0 Å². The largest absolute Gasteiger partial charge is 0.101 e. The summed E-state index contributed by atoms with van der Waals surface area (Å²) in [5.41, 5.74) is 0. The fraction of sp³-hybridized carbons (Fsp3) is 0. The van der Waals surface area contributed by atoms with Crippen LogP contribution in [0.2, 0.25) is 0 Å². The van der Waals surface area contributed by atoms with Crippen molar-refractivity contribution < 1.29 is 0 Å². The fourth-order valence-electron chi connectivity index (χ4n) is 0. The topological polar surface area (TPSA) is 0 Å². The van der Waals surface area contributed by atoms with Crippen LogP contribution >= 0.6 is 0 Å². The lowest BCUT2D eigenvalue weighted by Gasteiger charge is -1.71. The van der Waals surface area contributed by atoms with Crippen molar-refractivity contribution in [1.29, 1.82) is 0 Å². The average Bonchev–Trinajstić information content (AvgIpc) is 1.38. The zero-order valence-corrected chi connectivity index (χ0v) is 5.49. The maximum atomic E-state index is 3.62. The first-order valence-electron chi connectivity index (χ1n) is 1.55. The fourth-order valence-corrected chi connectivity index (χ4v) is 0. The van der Waals surface area contributed by atoms with E-state index in [1.807, 2.05) is 0 Å². The van der Waals surface area contributed by atoms with Gasteiger partial charge in [-0.05, 0) is 0 Å². The van der Waals surface area contributed by atoms with Crippen LogP contribution in [-0.4, -0.2) is 10.2 Å². The van der Waals surface area contributed by atoms with Crippen molar-refractivity contribution >= 4 is 10.2 Å². The molecule has 0 aromatic rings. The van der Waals surface area contributed by atoms with Gasteiger partial charge in [0.05, 0.1) is 0 Å². The highest BCUT2D eigenvalue weighted by Gasteiger charge is 1.59. The van der Waals surface area contributed by atoms with E-state index >= 15 is 0 Å². The molecule has 0 aliphatic heterocycles. The van der Waals surface area contributed by atoms with E-state index in [0.717, 1.165) is 15.4 Å². The third-order valence-corrected chi connectivity index (χ3v) is 0.757. The van der Waals surface area contributed by atoms with Crippen LogP contribution in [0.3, 0.4) is 0 Å². The predicted octanol–water partition coefficient (Wildman–Crippen LogP) is 0.0515. The molecule has 0 aliphatic rings. The summed E-state index contributed by atoms with van der Waals surface area (Å²) in [6.45, 7) is 7.11. The van der Waals surface area contributed by atoms with E-state index in [0.29, 0.717) is 0 Å². The highest BCUT2D eigenvalue weighted by Crippen LogP contribution is 1.74. The van der Waals surface area contributed by atoms with E-state index in [1.54, 1.807) is 6.08 Å². The Morgan fingerprint density at radius 3 is 2.00 bits per heavy atom. The molecule has 0 bridgehead atoms. The maximum absolute atomic E-state index is 3.62. The van der Waals surface area contributed by atoms with Gasteiger partial charge in [-0.1, -0.05) is 17.9 Å². The molecule has 0 aromatic heterocycles. The first-order chi connectivity index (χ1) is 2.27. The average molecular weight is 84.2 g/mol. The van der Waals surface area contributed by atoms with Crippen LogP contribution in [0, 0.1) is 0 Å². The molecule has 0 nitrogen and oxygen atoms in total. The molecule has 0 N–H and O–H groups in total. The van der Waals surface area contributed by atoms with Gasteiger partial charge in [-0.3, -0.25) is 0 Å². The first kappa shape index (κ1) is 4.70. The van der Waals surface area contributed by atoms with Crippen molar-refractivity contribution in [3.63, 3.8) is 0 Å². The normalized spacial score (nSPS) is 7.20. The van der Waals surface area contributed by atoms with Gasteiger partial charge in [0.15, 0.2) is 0 Å². The Balaban J connectivity index is 3.20. The van der Waals surface area contributed by atoms with Crippen LogP contribution in [0.25, 0.3) is 0 Å². The van der Waals surface area contributed by atoms with Crippen molar-refractivity contribution in [1.82, 2.24) is 0 Å². The summed E-state index contributed by atoms with van der Waals surface area (Å²) < 4.78 is 0. The van der Waals surface area contributed by atoms with E-state index in [4.69, 9.17) is 0 Å². The first-order valence-corrected chi connectivity index (χ1v) is 2.55. The van der Waals surface area contributed by atoms with E-state index in [-0.39, 0.29) is 0 Å². The highest BCUT2D eigenvalue weighted by molar-refractivity contribution is 6.22. The molecule has 0 fully saturated rings. The molecular formula is C4H8Si. The van der Waals surface area contributed by atoms with Gasteiger partial charge in [-0.2, -0.15) is 0 Å². The van der Waals surface area contributed by atoms with Crippen molar-refractivity contribution in [2.45, 2.75) is 0 Å². The lowest BCUT2D eigenvalue weighted by molar-refractivity contribution is 2.03. The molecule has 0 radical (unpaired) electrons. The van der Waals surface area contributed by atoms with Gasteiger partial charge < -0.3 is 0 Å². The summed E-state index contributed by atoms with van der Waals surface area (Å²) in [5.74, 6) is 0. The Labute approximate surface area is 35.6 Å². The zero-order chi connectivity index (χ0) is 4.28. The second-order valence-corrected chi connectivity index (χ2v) is 2.33. The molecule has 1 heteroatoms. The summed E-state index contributed by atoms with van der Waals surface area (Å²) in [4.78, 5) is 0. The highest BCUT2D eigenvalue weighted by atomic mass is 28.1. The van der Waals surface area contributed by atoms with E-state index in [9.17, 15) is 0 Å². The molecule has 0 heterocycles. The molecule has 0 amide bonds. The number of hydrogen-bond donors (Lipinski definition) is 0. The van der Waals surface area contributed by atoms with Gasteiger partial charge in [0.1, 0.15) is 0 Å². The minimum atomic E-state index is 1.06. The molecule has 0 atom stereocenters. The van der Waals surface area contributed by atoms with E-state index < -0.39 is 0 Å². The lowest BCUT2D eigenvalue weighted by Crippen LogP contribution is -1.61. The molecule has 0 saturated heterocycles. The van der Waals surface area contributed by atoms with Gasteiger partial charge >= 0.3 is 0 Å². The Bertz CT molecular complexity index is 54.7. The Hall–Kier alpha value is -0.303. The summed E-state index contributed by atoms with van der Waals surface area (Å²) in [7, 11) is 1.06. The van der Waals surface area contributed by atoms with Crippen molar-refractivity contribution in [2.75, 3.05) is 0 Å². The SMILES string of the molecule is C=CC(=C)[SiH3]. The van der Waals surface area contributed by atoms with Crippen LogP contribution in [0.1, 0.15) is 0 Å². The number of rotatable bonds is 1. The Morgan fingerprint density at radius 2 is 2.00 bits per heavy atom. The summed E-state index contributed by atoms with van der Waals surface area (Å²) in [6.07, 6.45) is 1.78. The predicted molar refractivity (Wildman–Crippen MR) is 29.3 cm³/mol. The third-order valence-electron chi connectivity index (χ3n) is 0.348. The third kappa shape index (κ3) is 3.70. The molecule has 0 spiro atoms. The standard InChI is InChI=1S/C4H8Si/c1-3-4(2)5/h3H,1-2H2,5H3. The minimum absolute atomic E-state index is 1.06. The molecule has 0 unspecified atom stereocenters. The van der Waals surface area contributed by atoms with Crippen LogP contribution in [0.4, 0.5) is 0 Å². The molecule has 28 valence electrons. The van der Waals surface area contributed by atoms with Crippen molar-refractivity contribution in [3.8, 4) is 0 Å². The molecule has 5 heavy (non-hydrogen) atoms. The molecule has 0 aromatic carbocycles. The molecule has 0 aliphatic carbocycles. The Kier molecular flexibility index (Phi) is 1.85. The van der Waals surface area contributed by atoms with Gasteiger partial charge in [0.25, 0.3) is 0 Å². The van der Waals surface area contributed by atoms with Gasteiger partial charge in [0, 0.05) is 10.2 Å². The van der Waals surface area contributed by atoms with E-state index in [1.165, 1.54) is 0 Å². The van der Waals surface area contributed by atoms with Crippen molar-refractivity contribution in [2.24, 2.45) is 0 Å².